The Bertz CT molecular complexity index is 1350. The van der Waals surface area contributed by atoms with E-state index in [0.29, 0.717) is 47.3 Å². The minimum Gasteiger partial charge on any atom is -0.497 e. The highest BCUT2D eigenvalue weighted by molar-refractivity contribution is 7.17. The Morgan fingerprint density at radius 2 is 2.00 bits per heavy atom. The maximum absolute atomic E-state index is 12.9. The highest BCUT2D eigenvalue weighted by Crippen LogP contribution is 2.24. The van der Waals surface area contributed by atoms with Gasteiger partial charge < -0.3 is 14.8 Å². The van der Waals surface area contributed by atoms with Gasteiger partial charge in [-0.3, -0.25) is 18.6 Å². The first kappa shape index (κ1) is 22.8. The number of carbonyl (C=O) groups is 1. The van der Waals surface area contributed by atoms with Crippen molar-refractivity contribution in [2.45, 2.75) is 39.8 Å². The summed E-state index contributed by atoms with van der Waals surface area (Å²) in [6.45, 7) is 4.99. The lowest BCUT2D eigenvalue weighted by atomic mass is 10.2. The van der Waals surface area contributed by atoms with Crippen LogP contribution in [0.3, 0.4) is 0 Å². The van der Waals surface area contributed by atoms with E-state index in [1.165, 1.54) is 11.3 Å². The predicted molar refractivity (Wildman–Crippen MR) is 127 cm³/mol. The zero-order valence-corrected chi connectivity index (χ0v) is 19.9. The van der Waals surface area contributed by atoms with E-state index in [9.17, 15) is 9.59 Å². The highest BCUT2D eigenvalue weighted by atomic mass is 32.1. The largest absolute Gasteiger partial charge is 0.497 e. The molecule has 0 aliphatic carbocycles. The molecule has 3 heterocycles. The molecule has 0 radical (unpaired) electrons. The fraction of sp³-hybridized carbons (Fsp3) is 0.391. The second-order valence-electron chi connectivity index (χ2n) is 8.15. The number of aromatic nitrogens is 4. The molecule has 3 aromatic heterocycles. The zero-order valence-electron chi connectivity index (χ0n) is 19.1. The van der Waals surface area contributed by atoms with Crippen LogP contribution < -0.4 is 20.3 Å². The topological polar surface area (TPSA) is 99.8 Å². The van der Waals surface area contributed by atoms with Crippen LogP contribution in [0.5, 0.6) is 11.5 Å². The number of nitrogens with one attached hydrogen (secondary N) is 1. The van der Waals surface area contributed by atoms with Crippen LogP contribution in [-0.4, -0.2) is 39.3 Å². The average Bonchev–Trinajstić information content (AvgIpc) is 3.45. The maximum atomic E-state index is 12.9. The molecule has 9 nitrogen and oxygen atoms in total. The van der Waals surface area contributed by atoms with E-state index in [-0.39, 0.29) is 23.8 Å². The molecule has 0 aliphatic heterocycles. The second-order valence-corrected chi connectivity index (χ2v) is 9.07. The Hall–Kier alpha value is -3.40. The van der Waals surface area contributed by atoms with Crippen LogP contribution in [0.4, 0.5) is 0 Å². The van der Waals surface area contributed by atoms with Gasteiger partial charge in [0, 0.05) is 31.5 Å². The lowest BCUT2D eigenvalue weighted by Gasteiger charge is -2.12. The first-order valence-corrected chi connectivity index (χ1v) is 11.6. The number of amides is 1. The number of hydrogen-bond donors (Lipinski definition) is 1. The van der Waals surface area contributed by atoms with Crippen molar-refractivity contribution in [3.8, 4) is 11.5 Å². The van der Waals surface area contributed by atoms with Gasteiger partial charge in [0.1, 0.15) is 22.0 Å². The Balaban J connectivity index is 1.53. The third kappa shape index (κ3) is 4.56. The van der Waals surface area contributed by atoms with Crippen molar-refractivity contribution in [1.82, 2.24) is 24.5 Å². The van der Waals surface area contributed by atoms with E-state index in [4.69, 9.17) is 9.47 Å². The van der Waals surface area contributed by atoms with E-state index in [2.05, 4.69) is 29.4 Å². The summed E-state index contributed by atoms with van der Waals surface area (Å²) < 4.78 is 14.9. The number of ether oxygens (including phenoxy) is 2. The van der Waals surface area contributed by atoms with Crippen molar-refractivity contribution < 1.29 is 14.3 Å². The van der Waals surface area contributed by atoms with Gasteiger partial charge in [0.25, 0.3) is 5.56 Å². The number of rotatable bonds is 9. The molecular weight excluding hydrogens is 442 g/mol. The monoisotopic (exact) mass is 469 g/mol. The summed E-state index contributed by atoms with van der Waals surface area (Å²) >= 11 is 1.41. The number of aryl methyl sites for hydroxylation is 1. The van der Waals surface area contributed by atoms with Gasteiger partial charge in [-0.1, -0.05) is 13.8 Å². The molecule has 4 aromatic rings. The number of methoxy groups -OCH3 is 2. The number of thiophene rings is 1. The van der Waals surface area contributed by atoms with E-state index < -0.39 is 0 Å². The van der Waals surface area contributed by atoms with Gasteiger partial charge in [0.2, 0.25) is 11.7 Å². The van der Waals surface area contributed by atoms with Crippen LogP contribution in [0, 0.1) is 5.92 Å². The predicted octanol–water partition coefficient (Wildman–Crippen LogP) is 3.03. The lowest BCUT2D eigenvalue weighted by Crippen LogP contribution is -2.25. The third-order valence-corrected chi connectivity index (χ3v) is 6.26. The van der Waals surface area contributed by atoms with E-state index in [1.54, 1.807) is 18.8 Å². The number of fused-ring (bicyclic) bond motifs is 3. The Morgan fingerprint density at radius 1 is 1.18 bits per heavy atom. The Morgan fingerprint density at radius 3 is 2.73 bits per heavy atom. The molecule has 0 aliphatic rings. The summed E-state index contributed by atoms with van der Waals surface area (Å²) in [7, 11) is 3.19. The normalized spacial score (nSPS) is 11.4. The summed E-state index contributed by atoms with van der Waals surface area (Å²) in [5.41, 5.74) is 1.56. The molecule has 1 amide bonds. The van der Waals surface area contributed by atoms with Crippen LogP contribution in [0.2, 0.25) is 0 Å². The van der Waals surface area contributed by atoms with Crippen molar-refractivity contribution in [2.75, 3.05) is 14.2 Å². The van der Waals surface area contributed by atoms with Crippen LogP contribution >= 0.6 is 11.3 Å². The molecule has 0 unspecified atom stereocenters. The number of hydrogen-bond acceptors (Lipinski definition) is 7. The fourth-order valence-corrected chi connectivity index (χ4v) is 4.62. The molecule has 0 fully saturated rings. The molecule has 1 aromatic carbocycles. The van der Waals surface area contributed by atoms with Crippen molar-refractivity contribution >= 4 is 33.2 Å². The first-order valence-electron chi connectivity index (χ1n) is 10.7. The van der Waals surface area contributed by atoms with Gasteiger partial charge in [-0.15, -0.1) is 21.5 Å². The van der Waals surface area contributed by atoms with Gasteiger partial charge in [-0.05, 0) is 35.6 Å². The van der Waals surface area contributed by atoms with Crippen molar-refractivity contribution in [3.05, 3.63) is 51.4 Å². The van der Waals surface area contributed by atoms with Crippen molar-refractivity contribution in [3.63, 3.8) is 0 Å². The van der Waals surface area contributed by atoms with Crippen LogP contribution in [0.25, 0.3) is 16.0 Å². The number of nitrogens with zero attached hydrogens (tertiary/aromatic N) is 4. The van der Waals surface area contributed by atoms with Crippen molar-refractivity contribution in [2.24, 2.45) is 5.92 Å². The molecule has 10 heteroatoms. The minimum absolute atomic E-state index is 0.0508. The summed E-state index contributed by atoms with van der Waals surface area (Å²) in [6, 6.07) is 7.36. The molecule has 4 rings (SSSR count). The van der Waals surface area contributed by atoms with Crippen LogP contribution in [0.1, 0.15) is 31.7 Å². The lowest BCUT2D eigenvalue weighted by molar-refractivity contribution is -0.121. The van der Waals surface area contributed by atoms with Gasteiger partial charge in [-0.2, -0.15) is 0 Å². The number of carbonyl (C=O) groups excluding carboxylic acids is 1. The fourth-order valence-electron chi connectivity index (χ4n) is 3.80. The maximum Gasteiger partial charge on any atom is 0.272 e. The third-order valence-electron chi connectivity index (χ3n) is 5.37. The van der Waals surface area contributed by atoms with Gasteiger partial charge in [0.15, 0.2) is 0 Å². The van der Waals surface area contributed by atoms with E-state index in [1.807, 2.05) is 34.0 Å². The van der Waals surface area contributed by atoms with E-state index >= 15 is 0 Å². The summed E-state index contributed by atoms with van der Waals surface area (Å²) in [5, 5.41) is 13.4. The van der Waals surface area contributed by atoms with E-state index in [0.717, 1.165) is 11.1 Å². The molecular formula is C23H27N5O4S. The zero-order chi connectivity index (χ0) is 23.5. The second kappa shape index (κ2) is 9.62. The minimum atomic E-state index is -0.117. The van der Waals surface area contributed by atoms with Gasteiger partial charge in [0.05, 0.1) is 19.7 Å². The molecule has 1 N–H and O–H groups in total. The van der Waals surface area contributed by atoms with Crippen LogP contribution in [0.15, 0.2) is 34.4 Å². The molecule has 0 saturated carbocycles. The SMILES string of the molecule is COc1ccc(OC)c(CNC(=O)CCc2nnc3n(CC(C)C)c(=O)c4sccc4n23)c1. The Labute approximate surface area is 195 Å². The van der Waals surface area contributed by atoms with Gasteiger partial charge >= 0.3 is 0 Å². The van der Waals surface area contributed by atoms with Crippen LogP contribution in [-0.2, 0) is 24.3 Å². The molecule has 0 spiro atoms. The molecule has 0 bridgehead atoms. The number of benzene rings is 1. The Kier molecular flexibility index (Phi) is 6.64. The average molecular weight is 470 g/mol. The van der Waals surface area contributed by atoms with Crippen molar-refractivity contribution in [1.29, 1.82) is 0 Å². The summed E-state index contributed by atoms with van der Waals surface area (Å²) in [6.07, 6.45) is 0.634. The smallest absolute Gasteiger partial charge is 0.272 e. The molecule has 33 heavy (non-hydrogen) atoms. The highest BCUT2D eigenvalue weighted by Gasteiger charge is 2.18. The quantitative estimate of drug-likeness (QED) is 0.405. The summed E-state index contributed by atoms with van der Waals surface area (Å²) in [5.74, 6) is 2.71. The first-order chi connectivity index (χ1) is 15.9. The van der Waals surface area contributed by atoms with Gasteiger partial charge in [-0.25, -0.2) is 0 Å². The summed E-state index contributed by atoms with van der Waals surface area (Å²) in [4.78, 5) is 25.5. The molecule has 174 valence electrons. The molecule has 0 atom stereocenters. The standard InChI is InChI=1S/C23H27N5O4S/c1-14(2)13-27-22(30)21-17(9-10-33-21)28-19(25-26-23(27)28)7-8-20(29)24-12-15-11-16(31-3)5-6-18(15)32-4/h5-6,9-11,14H,7-8,12-13H2,1-4H3,(H,24,29). The molecule has 0 saturated heterocycles.